The minimum absolute atomic E-state index is 0.526. The van der Waals surface area contributed by atoms with E-state index in [9.17, 15) is 0 Å². The van der Waals surface area contributed by atoms with E-state index in [0.29, 0.717) is 21.2 Å². The summed E-state index contributed by atoms with van der Waals surface area (Å²) in [5.41, 5.74) is 5.53. The molecule has 14 heavy (non-hydrogen) atoms. The SMILES string of the molecule is C[I-]CCCC(I)CC[C@@H](I)CCN. The third kappa shape index (κ3) is 10.7. The van der Waals surface area contributed by atoms with E-state index in [1.165, 1.54) is 36.5 Å². The van der Waals surface area contributed by atoms with E-state index >= 15 is 0 Å². The molecular weight excluding hydrogens is 515 g/mol. The molecule has 0 aliphatic carbocycles. The number of rotatable bonds is 9. The normalized spacial score (nSPS) is 15.7. The molecule has 2 N–H and O–H groups in total. The second kappa shape index (κ2) is 11.6. The fourth-order valence-corrected chi connectivity index (χ4v) is 3.99. The summed E-state index contributed by atoms with van der Waals surface area (Å²) in [7, 11) is 0. The predicted octanol–water partition coefficient (Wildman–Crippen LogP) is 0.222. The first kappa shape index (κ1) is 16.1. The summed E-state index contributed by atoms with van der Waals surface area (Å²) >= 11 is 5.69. The van der Waals surface area contributed by atoms with E-state index in [-0.39, 0.29) is 0 Å². The van der Waals surface area contributed by atoms with Gasteiger partial charge in [0.1, 0.15) is 0 Å². The molecule has 1 nitrogen and oxygen atoms in total. The summed E-state index contributed by atoms with van der Waals surface area (Å²) in [4.78, 5) is 2.38. The predicted molar refractivity (Wildman–Crippen MR) is 78.5 cm³/mol. The molecule has 0 spiro atoms. The molecular formula is C10H21I3N-. The Morgan fingerprint density at radius 1 is 1.07 bits per heavy atom. The van der Waals surface area contributed by atoms with Crippen molar-refractivity contribution in [1.29, 1.82) is 0 Å². The molecule has 0 aliphatic heterocycles. The quantitative estimate of drug-likeness (QED) is 0.255. The van der Waals surface area contributed by atoms with Crippen LogP contribution in [0.2, 0.25) is 0 Å². The molecule has 0 saturated carbocycles. The number of hydrogen-bond donors (Lipinski definition) is 1. The second-order valence-electron chi connectivity index (χ2n) is 3.45. The van der Waals surface area contributed by atoms with Crippen LogP contribution in [0.1, 0.15) is 32.1 Å². The van der Waals surface area contributed by atoms with Crippen molar-refractivity contribution in [3.8, 4) is 0 Å². The van der Waals surface area contributed by atoms with Crippen molar-refractivity contribution in [2.24, 2.45) is 5.73 Å². The van der Waals surface area contributed by atoms with Crippen LogP contribution in [0, 0.1) is 0 Å². The molecule has 0 radical (unpaired) electrons. The van der Waals surface area contributed by atoms with E-state index in [2.05, 4.69) is 50.1 Å². The van der Waals surface area contributed by atoms with Crippen LogP contribution < -0.4 is 26.9 Å². The molecule has 0 bridgehead atoms. The first-order valence-corrected chi connectivity index (χ1v) is 11.3. The topological polar surface area (TPSA) is 26.0 Å². The van der Waals surface area contributed by atoms with Crippen molar-refractivity contribution in [2.45, 2.75) is 40.0 Å². The van der Waals surface area contributed by atoms with Gasteiger partial charge in [0.15, 0.2) is 0 Å². The molecule has 2 atom stereocenters. The number of hydrogen-bond acceptors (Lipinski definition) is 1. The van der Waals surface area contributed by atoms with Crippen molar-refractivity contribution in [1.82, 2.24) is 0 Å². The maximum atomic E-state index is 5.53. The van der Waals surface area contributed by atoms with Gasteiger partial charge in [0, 0.05) is 0 Å². The molecule has 88 valence electrons. The summed E-state index contributed by atoms with van der Waals surface area (Å²) < 4.78 is 3.21. The Bertz CT molecular complexity index is 122. The Kier molecular flexibility index (Phi) is 13.4. The summed E-state index contributed by atoms with van der Waals surface area (Å²) in [6.07, 6.45) is 6.81. The Morgan fingerprint density at radius 2 is 1.64 bits per heavy atom. The zero-order valence-electron chi connectivity index (χ0n) is 8.82. The van der Waals surface area contributed by atoms with Crippen LogP contribution in [-0.4, -0.2) is 23.8 Å². The number of nitrogens with two attached hydrogens (primary N) is 1. The maximum absolute atomic E-state index is 5.53. The van der Waals surface area contributed by atoms with Gasteiger partial charge in [0.2, 0.25) is 0 Å². The van der Waals surface area contributed by atoms with Gasteiger partial charge in [-0.25, -0.2) is 0 Å². The Morgan fingerprint density at radius 3 is 2.14 bits per heavy atom. The molecule has 0 aliphatic rings. The van der Waals surface area contributed by atoms with Gasteiger partial charge in [-0.05, 0) is 0 Å². The first-order valence-electron chi connectivity index (χ1n) is 5.12. The fourth-order valence-electron chi connectivity index (χ4n) is 1.26. The number of alkyl halides is 4. The Balaban J connectivity index is 3.29. The van der Waals surface area contributed by atoms with E-state index in [0.717, 1.165) is 14.4 Å². The van der Waals surface area contributed by atoms with Gasteiger partial charge < -0.3 is 0 Å². The molecule has 4 heteroatoms. The van der Waals surface area contributed by atoms with Gasteiger partial charge in [0.05, 0.1) is 0 Å². The van der Waals surface area contributed by atoms with Gasteiger partial charge >= 0.3 is 128 Å². The van der Waals surface area contributed by atoms with Crippen molar-refractivity contribution in [3.05, 3.63) is 0 Å². The third-order valence-corrected chi connectivity index (χ3v) is 6.45. The summed E-state index contributed by atoms with van der Waals surface area (Å²) in [6.45, 7) is 0.847. The van der Waals surface area contributed by atoms with Crippen molar-refractivity contribution in [3.63, 3.8) is 0 Å². The standard InChI is InChI=1S/C10H21I3N/c1-13-7-2-3-9(11)4-5-10(12)6-8-14/h9-10H,2-8,14H2,1H3/q-1/t9?,10-/m1/s1. The summed E-state index contributed by atoms with van der Waals surface area (Å²) in [5.74, 6) is 0. The molecule has 0 heterocycles. The van der Waals surface area contributed by atoms with Crippen LogP contribution in [0.3, 0.4) is 0 Å². The molecule has 0 aromatic carbocycles. The van der Waals surface area contributed by atoms with E-state index in [4.69, 9.17) is 5.73 Å². The van der Waals surface area contributed by atoms with Crippen molar-refractivity contribution < 1.29 is 21.2 Å². The molecule has 0 rings (SSSR count). The van der Waals surface area contributed by atoms with Gasteiger partial charge in [0.25, 0.3) is 0 Å². The van der Waals surface area contributed by atoms with E-state index in [1.807, 2.05) is 0 Å². The van der Waals surface area contributed by atoms with Crippen LogP contribution in [0.5, 0.6) is 0 Å². The molecule has 0 saturated heterocycles. The molecule has 0 aromatic rings. The monoisotopic (exact) mass is 536 g/mol. The summed E-state index contributed by atoms with van der Waals surface area (Å²) in [6, 6.07) is 0. The Labute approximate surface area is 126 Å². The second-order valence-corrected chi connectivity index (χ2v) is 9.58. The summed E-state index contributed by atoms with van der Waals surface area (Å²) in [5, 5.41) is 0. The molecule has 0 aromatic heterocycles. The third-order valence-electron chi connectivity index (χ3n) is 2.11. The van der Waals surface area contributed by atoms with Gasteiger partial charge in [-0.1, -0.05) is 0 Å². The molecule has 0 amide bonds. The zero-order chi connectivity index (χ0) is 10.8. The molecule has 1 unspecified atom stereocenters. The van der Waals surface area contributed by atoms with E-state index in [1.54, 1.807) is 0 Å². The average molecular weight is 536 g/mol. The Hall–Kier alpha value is 2.15. The zero-order valence-corrected chi connectivity index (χ0v) is 15.3. The average Bonchev–Trinajstić information content (AvgIpc) is 2.16. The van der Waals surface area contributed by atoms with Crippen LogP contribution in [-0.2, 0) is 0 Å². The molecule has 0 fully saturated rings. The van der Waals surface area contributed by atoms with Gasteiger partial charge in [-0.15, -0.1) is 0 Å². The van der Waals surface area contributed by atoms with E-state index < -0.39 is 0 Å². The first-order chi connectivity index (χ1) is 6.70. The number of halogens is 3. The van der Waals surface area contributed by atoms with Crippen LogP contribution in [0.15, 0.2) is 0 Å². The fraction of sp³-hybridized carbons (Fsp3) is 1.00. The van der Waals surface area contributed by atoms with Gasteiger partial charge in [-0.2, -0.15) is 0 Å². The van der Waals surface area contributed by atoms with Crippen molar-refractivity contribution >= 4 is 45.2 Å². The minimum atomic E-state index is 0.526. The van der Waals surface area contributed by atoms with Crippen molar-refractivity contribution in [2.75, 3.05) is 15.9 Å². The van der Waals surface area contributed by atoms with Crippen LogP contribution in [0.25, 0.3) is 0 Å². The van der Waals surface area contributed by atoms with Crippen LogP contribution >= 0.6 is 45.2 Å². The van der Waals surface area contributed by atoms with Gasteiger partial charge in [-0.3, -0.25) is 0 Å². The van der Waals surface area contributed by atoms with Crippen LogP contribution in [0.4, 0.5) is 0 Å².